The zero-order valence-corrected chi connectivity index (χ0v) is 21.8. The Morgan fingerprint density at radius 3 is 2.12 bits per heavy atom. The second-order valence-corrected chi connectivity index (χ2v) is 8.40. The van der Waals surface area contributed by atoms with E-state index in [2.05, 4.69) is 62.5 Å². The number of hydrogen-bond acceptors (Lipinski definition) is 2. The smallest absolute Gasteiger partial charge is 0 e. The predicted octanol–water partition coefficient (Wildman–Crippen LogP) is 5.14. The summed E-state index contributed by atoms with van der Waals surface area (Å²) in [7, 11) is -0.136. The number of fused-ring (bicyclic) bond motifs is 3. The number of aliphatic hydroxyl groups excluding tert-OH is 1. The van der Waals surface area contributed by atoms with Gasteiger partial charge < -0.3 is 12.5 Å². The summed E-state index contributed by atoms with van der Waals surface area (Å²) in [5.41, 5.74) is 5.51. The van der Waals surface area contributed by atoms with Crippen molar-refractivity contribution in [1.29, 1.82) is 0 Å². The number of aliphatic hydroxyl groups is 1. The fourth-order valence-corrected chi connectivity index (χ4v) is 2.99. The zero-order chi connectivity index (χ0) is 16.5. The molecule has 0 aromatic heterocycles. The minimum Gasteiger partial charge on any atom is 0 e. The van der Waals surface area contributed by atoms with Crippen molar-refractivity contribution in [2.75, 3.05) is 6.61 Å². The fourth-order valence-electron chi connectivity index (χ4n) is 2.54. The van der Waals surface area contributed by atoms with E-state index in [-0.39, 0.29) is 52.0 Å². The molecule has 2 aromatic rings. The molecule has 0 spiro atoms. The Labute approximate surface area is 192 Å². The molecule has 1 unspecified atom stereocenters. The zero-order valence-electron chi connectivity index (χ0n) is 15.7. The van der Waals surface area contributed by atoms with E-state index in [0.29, 0.717) is 37.2 Å². The fraction of sp³-hybridized carbons (Fsp3) is 0.316. The molecule has 1 aliphatic carbocycles. The van der Waals surface area contributed by atoms with E-state index < -0.39 is 0 Å². The molecule has 26 heavy (non-hydrogen) atoms. The first-order valence-corrected chi connectivity index (χ1v) is 11.1. The number of rotatable bonds is 2. The van der Waals surface area contributed by atoms with Crippen LogP contribution >= 0.6 is 24.8 Å². The van der Waals surface area contributed by atoms with Crippen LogP contribution in [0.15, 0.2) is 42.5 Å². The van der Waals surface area contributed by atoms with Gasteiger partial charge in [-0.1, -0.05) is 49.8 Å². The molecule has 1 atom stereocenters. The third kappa shape index (κ3) is 9.34. The van der Waals surface area contributed by atoms with E-state index in [9.17, 15) is 0 Å². The molecule has 0 aliphatic heterocycles. The summed E-state index contributed by atoms with van der Waals surface area (Å²) < 4.78 is 8.34. The van der Waals surface area contributed by atoms with Crippen molar-refractivity contribution >= 4 is 44.6 Å². The second-order valence-electron chi connectivity index (χ2n) is 5.49. The van der Waals surface area contributed by atoms with Gasteiger partial charge in [0.2, 0.25) is 0 Å². The maximum Gasteiger partial charge on any atom is 0 e. The van der Waals surface area contributed by atoms with Gasteiger partial charge in [0.1, 0.15) is 0 Å². The first-order valence-electron chi connectivity index (χ1n) is 7.35. The van der Waals surface area contributed by atoms with Gasteiger partial charge in [-0.2, -0.15) is 24.3 Å². The van der Waals surface area contributed by atoms with E-state index in [0.717, 1.165) is 6.04 Å². The molecule has 1 N–H and O–H groups in total. The first kappa shape index (κ1) is 33.7. The Balaban J connectivity index is -0.000000179. The molecule has 141 valence electrons. The van der Waals surface area contributed by atoms with E-state index >= 15 is 0 Å². The molecule has 0 fully saturated rings. The second kappa shape index (κ2) is 18.5. The van der Waals surface area contributed by atoms with Crippen LogP contribution in [-0.2, 0) is 27.5 Å². The van der Waals surface area contributed by atoms with E-state index in [1.807, 2.05) is 6.07 Å². The van der Waals surface area contributed by atoms with Gasteiger partial charge in [-0.15, -0.1) is 35.9 Å². The van der Waals surface area contributed by atoms with Crippen LogP contribution in [0.2, 0.25) is 19.1 Å². The molecule has 2 nitrogen and oxygen atoms in total. The molecule has 0 heterocycles. The summed E-state index contributed by atoms with van der Waals surface area (Å²) in [5, 5.41) is 8.26. The van der Waals surface area contributed by atoms with E-state index in [4.69, 9.17) is 7.92 Å². The van der Waals surface area contributed by atoms with Gasteiger partial charge in [0, 0.05) is 26.4 Å². The topological polar surface area (TPSA) is 37.3 Å². The normalized spacial score (nSPS) is 12.0. The quantitative estimate of drug-likeness (QED) is 0.453. The Morgan fingerprint density at radius 2 is 1.62 bits per heavy atom. The van der Waals surface area contributed by atoms with Crippen LogP contribution < -0.4 is 0 Å². The molecule has 0 amide bonds. The maximum atomic E-state index is 8.34. The van der Waals surface area contributed by atoms with Crippen molar-refractivity contribution in [1.82, 2.24) is 0 Å². The van der Waals surface area contributed by atoms with Crippen molar-refractivity contribution in [2.45, 2.75) is 32.0 Å². The van der Waals surface area contributed by atoms with Gasteiger partial charge >= 0.3 is 27.5 Å². The molecule has 0 saturated carbocycles. The average molecular weight is 506 g/mol. The number of halogens is 2. The summed E-state index contributed by atoms with van der Waals surface area (Å²) in [6.45, 7) is 7.02. The predicted molar refractivity (Wildman–Crippen MR) is 115 cm³/mol. The van der Waals surface area contributed by atoms with Gasteiger partial charge in [0.05, 0.1) is 0 Å². The third-order valence-corrected chi connectivity index (χ3v) is 4.87. The van der Waals surface area contributed by atoms with Gasteiger partial charge in [-0.3, -0.25) is 0 Å². The first-order chi connectivity index (χ1) is 10.6. The SMILES string of the molecule is CC1c2[c-]cccc2-c2ccccc21.C[Si](C)CCO.Cl.Cl.[CH3-].[O]=[Zr+2].[Si]. The maximum absolute atomic E-state index is 8.34. The summed E-state index contributed by atoms with van der Waals surface area (Å²) in [6, 6.07) is 19.3. The minimum absolute atomic E-state index is 0. The Bertz CT molecular complexity index is 556. The van der Waals surface area contributed by atoms with Crippen LogP contribution in [0, 0.1) is 13.5 Å². The molecule has 0 saturated heterocycles. The van der Waals surface area contributed by atoms with Crippen molar-refractivity contribution in [3.05, 3.63) is 67.1 Å². The van der Waals surface area contributed by atoms with Gasteiger partial charge in [0.25, 0.3) is 0 Å². The summed E-state index contributed by atoms with van der Waals surface area (Å²) in [4.78, 5) is 0. The minimum atomic E-state index is -0.136. The van der Waals surface area contributed by atoms with Crippen LogP contribution in [0.5, 0.6) is 0 Å². The van der Waals surface area contributed by atoms with Crippen molar-refractivity contribution in [3.8, 4) is 11.1 Å². The average Bonchev–Trinajstić information content (AvgIpc) is 2.84. The molecule has 1 aliphatic rings. The Hall–Kier alpha value is 0.0969. The molecular weight excluding hydrogens is 479 g/mol. The van der Waals surface area contributed by atoms with Crippen molar-refractivity contribution in [2.24, 2.45) is 0 Å². The summed E-state index contributed by atoms with van der Waals surface area (Å²) in [6.07, 6.45) is 0. The third-order valence-electron chi connectivity index (χ3n) is 3.65. The molecular formula is C19H27Cl2O2Si2Zr. The van der Waals surface area contributed by atoms with E-state index in [1.165, 1.54) is 22.3 Å². The van der Waals surface area contributed by atoms with Crippen LogP contribution in [0.1, 0.15) is 24.0 Å². The largest absolute Gasteiger partial charge is 0 e. The van der Waals surface area contributed by atoms with Crippen LogP contribution in [0.4, 0.5) is 0 Å². The number of hydrogen-bond donors (Lipinski definition) is 1. The van der Waals surface area contributed by atoms with Crippen LogP contribution in [0.3, 0.4) is 0 Å². The molecule has 7 heteroatoms. The summed E-state index contributed by atoms with van der Waals surface area (Å²) in [5.74, 6) is 0.502. The molecule has 5 radical (unpaired) electrons. The standard InChI is InChI=1S/C14H11.C4H11OSi.CH3.2ClH.O.Si.Zr/c1-10-11-6-2-4-8-13(11)14-9-5-3-7-12(10)14;1-6(2)4-3-5;;;;;;/h2-6,8-10H,1H3;5H,3-4H2,1-2H3;1H3;2*1H;;;/q-1;;-1;;;;;+2. The van der Waals surface area contributed by atoms with Gasteiger partial charge in [-0.05, 0) is 17.5 Å². The number of benzene rings is 2. The van der Waals surface area contributed by atoms with Crippen LogP contribution in [0.25, 0.3) is 11.1 Å². The monoisotopic (exact) mass is 503 g/mol. The van der Waals surface area contributed by atoms with Crippen LogP contribution in [-0.4, -0.2) is 31.5 Å². The van der Waals surface area contributed by atoms with Crippen molar-refractivity contribution in [3.63, 3.8) is 0 Å². The Kier molecular flexibility index (Phi) is 23.9. The summed E-state index contributed by atoms with van der Waals surface area (Å²) >= 11 is 0.300. The van der Waals surface area contributed by atoms with E-state index in [1.54, 1.807) is 0 Å². The van der Waals surface area contributed by atoms with Gasteiger partial charge in [0.15, 0.2) is 0 Å². The molecule has 3 rings (SSSR count). The van der Waals surface area contributed by atoms with Crippen molar-refractivity contribution < 1.29 is 32.6 Å². The molecule has 0 bridgehead atoms. The van der Waals surface area contributed by atoms with Gasteiger partial charge in [-0.25, -0.2) is 0 Å². The molecule has 2 aromatic carbocycles. The Morgan fingerprint density at radius 1 is 1.08 bits per heavy atom.